The zero-order valence-electron chi connectivity index (χ0n) is 19.1. The third-order valence-electron chi connectivity index (χ3n) is 6.50. The maximum atomic E-state index is 13.3. The third-order valence-corrected chi connectivity index (χ3v) is 7.54. The number of hydrogen-bond donors (Lipinski definition) is 0. The van der Waals surface area contributed by atoms with Gasteiger partial charge in [-0.2, -0.15) is 0 Å². The average Bonchev–Trinajstić information content (AvgIpc) is 3.47. The number of likely N-dealkylation sites (tertiary alicyclic amines) is 1. The van der Waals surface area contributed by atoms with Gasteiger partial charge >= 0.3 is 0 Å². The molecule has 2 saturated heterocycles. The average molecular weight is 477 g/mol. The Morgan fingerprint density at radius 1 is 0.853 bits per heavy atom. The van der Waals surface area contributed by atoms with Crippen LogP contribution in [0, 0.1) is 0 Å². The number of carbonyl (C=O) groups is 2. The highest BCUT2D eigenvalue weighted by Crippen LogP contribution is 2.26. The number of carbonyl (C=O) groups excluding carboxylic acids is 2. The highest BCUT2D eigenvalue weighted by atomic mass is 32.2. The van der Waals surface area contributed by atoms with E-state index in [1.54, 1.807) is 16.3 Å². The molecule has 2 aliphatic heterocycles. The predicted octanol–water partition coefficient (Wildman–Crippen LogP) is 3.83. The summed E-state index contributed by atoms with van der Waals surface area (Å²) in [4.78, 5) is 45.7. The van der Waals surface area contributed by atoms with Gasteiger partial charge in [-0.05, 0) is 49.1 Å². The van der Waals surface area contributed by atoms with E-state index >= 15 is 0 Å². The first-order valence-corrected chi connectivity index (χ1v) is 12.9. The lowest BCUT2D eigenvalue weighted by Gasteiger charge is -2.18. The molecule has 3 aromatic rings. The molecule has 0 bridgehead atoms. The Kier molecular flexibility index (Phi) is 6.67. The smallest absolute Gasteiger partial charge is 0.262 e. The largest absolute Gasteiger partial charge is 0.343 e. The molecule has 0 unspecified atom stereocenters. The number of aromatic nitrogens is 2. The normalized spacial score (nSPS) is 16.2. The molecule has 0 saturated carbocycles. The highest BCUT2D eigenvalue weighted by molar-refractivity contribution is 7.98. The van der Waals surface area contributed by atoms with Crippen LogP contribution >= 0.6 is 11.8 Å². The molecule has 7 nitrogen and oxygen atoms in total. The number of nitrogens with zero attached hydrogens (tertiary/aromatic N) is 4. The molecule has 34 heavy (non-hydrogen) atoms. The van der Waals surface area contributed by atoms with Gasteiger partial charge in [0.1, 0.15) is 0 Å². The molecule has 8 heteroatoms. The fraction of sp³-hybridized carbons (Fsp3) is 0.385. The lowest BCUT2D eigenvalue weighted by atomic mass is 10.2. The molecule has 0 aliphatic carbocycles. The summed E-state index contributed by atoms with van der Waals surface area (Å²) >= 11 is 1.54. The Morgan fingerprint density at radius 3 is 2.35 bits per heavy atom. The Balaban J connectivity index is 1.33. The molecule has 2 aliphatic rings. The van der Waals surface area contributed by atoms with Crippen molar-refractivity contribution in [2.45, 2.75) is 49.6 Å². The molecule has 2 amide bonds. The van der Waals surface area contributed by atoms with E-state index in [9.17, 15) is 14.4 Å². The van der Waals surface area contributed by atoms with Crippen LogP contribution in [0.25, 0.3) is 10.9 Å². The van der Waals surface area contributed by atoms with Gasteiger partial charge in [0.15, 0.2) is 5.16 Å². The second-order valence-electron chi connectivity index (χ2n) is 8.81. The number of hydrogen-bond acceptors (Lipinski definition) is 5. The zero-order valence-corrected chi connectivity index (χ0v) is 19.9. The summed E-state index contributed by atoms with van der Waals surface area (Å²) in [5.74, 6) is 1.06. The third kappa shape index (κ3) is 4.73. The van der Waals surface area contributed by atoms with Crippen molar-refractivity contribution in [3.8, 4) is 0 Å². The van der Waals surface area contributed by atoms with E-state index in [4.69, 9.17) is 4.98 Å². The maximum Gasteiger partial charge on any atom is 0.262 e. The maximum absolute atomic E-state index is 13.3. The Morgan fingerprint density at radius 2 is 1.62 bits per heavy atom. The summed E-state index contributed by atoms with van der Waals surface area (Å²) in [5.41, 5.74) is 2.71. The highest BCUT2D eigenvalue weighted by Gasteiger charge is 2.22. The van der Waals surface area contributed by atoms with Crippen molar-refractivity contribution in [1.82, 2.24) is 14.5 Å². The van der Waals surface area contributed by atoms with E-state index in [1.807, 2.05) is 58.3 Å². The minimum atomic E-state index is -0.0382. The van der Waals surface area contributed by atoms with Crippen LogP contribution in [0.2, 0.25) is 0 Å². The van der Waals surface area contributed by atoms with Gasteiger partial charge in [-0.1, -0.05) is 36.0 Å². The first-order valence-electron chi connectivity index (χ1n) is 11.9. The van der Waals surface area contributed by atoms with Gasteiger partial charge in [0.25, 0.3) is 5.56 Å². The molecular formula is C26H28N4O3S. The second kappa shape index (κ2) is 10.0. The number of fused-ring (bicyclic) bond motifs is 1. The van der Waals surface area contributed by atoms with Crippen molar-refractivity contribution in [3.63, 3.8) is 0 Å². The topological polar surface area (TPSA) is 75.5 Å². The molecule has 3 heterocycles. The molecule has 5 rings (SSSR count). The number of benzene rings is 2. The number of anilines is 1. The van der Waals surface area contributed by atoms with Crippen molar-refractivity contribution >= 4 is 40.2 Å². The predicted molar refractivity (Wildman–Crippen MR) is 134 cm³/mol. The Bertz CT molecular complexity index is 1270. The van der Waals surface area contributed by atoms with Crippen LogP contribution in [0.5, 0.6) is 0 Å². The van der Waals surface area contributed by atoms with Crippen molar-refractivity contribution in [2.24, 2.45) is 0 Å². The Labute approximate surface area is 202 Å². The standard InChI is InChI=1S/C26H28N4O3S/c31-23-8-3-14-28(23)15-5-17-30-25(33)21-6-1-2-7-22(21)27-26(30)34-18-19-10-12-20(13-11-19)29-16-4-9-24(29)32/h1-2,6-7,10-13H,3-5,8-9,14-18H2. The minimum absolute atomic E-state index is 0.0382. The summed E-state index contributed by atoms with van der Waals surface area (Å²) in [6, 6.07) is 15.5. The lowest BCUT2D eigenvalue weighted by molar-refractivity contribution is -0.127. The minimum Gasteiger partial charge on any atom is -0.343 e. The number of rotatable bonds is 8. The van der Waals surface area contributed by atoms with Crippen LogP contribution < -0.4 is 10.5 Å². The molecule has 0 spiro atoms. The second-order valence-corrected chi connectivity index (χ2v) is 9.75. The quantitative estimate of drug-likeness (QED) is 0.365. The molecule has 0 N–H and O–H groups in total. The van der Waals surface area contributed by atoms with Crippen molar-refractivity contribution in [2.75, 3.05) is 24.5 Å². The van der Waals surface area contributed by atoms with E-state index in [2.05, 4.69) is 0 Å². The first kappa shape index (κ1) is 22.7. The molecule has 2 aromatic carbocycles. The number of para-hydroxylation sites is 1. The fourth-order valence-corrected chi connectivity index (χ4v) is 5.64. The zero-order chi connectivity index (χ0) is 23.5. The van der Waals surface area contributed by atoms with E-state index in [0.717, 1.165) is 43.6 Å². The van der Waals surface area contributed by atoms with Crippen LogP contribution in [0.4, 0.5) is 5.69 Å². The van der Waals surface area contributed by atoms with Crippen LogP contribution in [0.3, 0.4) is 0 Å². The molecule has 1 aromatic heterocycles. The number of thioether (sulfide) groups is 1. The summed E-state index contributed by atoms with van der Waals surface area (Å²) in [7, 11) is 0. The first-order chi connectivity index (χ1) is 16.6. The van der Waals surface area contributed by atoms with Crippen molar-refractivity contribution in [1.29, 1.82) is 0 Å². The number of amides is 2. The van der Waals surface area contributed by atoms with Crippen LogP contribution in [0.1, 0.15) is 37.7 Å². The SMILES string of the molecule is O=C1CCCN1CCCn1c(SCc2ccc(N3CCCC3=O)cc2)nc2ccccc2c1=O. The molecule has 0 atom stereocenters. The molecular weight excluding hydrogens is 448 g/mol. The van der Waals surface area contributed by atoms with E-state index < -0.39 is 0 Å². The summed E-state index contributed by atoms with van der Waals surface area (Å²) in [6.07, 6.45) is 3.80. The van der Waals surface area contributed by atoms with Gasteiger partial charge in [0, 0.05) is 50.5 Å². The van der Waals surface area contributed by atoms with Gasteiger partial charge in [0.2, 0.25) is 11.8 Å². The van der Waals surface area contributed by atoms with Crippen LogP contribution in [-0.2, 0) is 21.9 Å². The lowest BCUT2D eigenvalue weighted by Crippen LogP contribution is -2.29. The van der Waals surface area contributed by atoms with Gasteiger partial charge < -0.3 is 9.80 Å². The molecule has 176 valence electrons. The molecule has 0 radical (unpaired) electrons. The Hall–Kier alpha value is -3.13. The van der Waals surface area contributed by atoms with Crippen molar-refractivity contribution in [3.05, 3.63) is 64.4 Å². The summed E-state index contributed by atoms with van der Waals surface area (Å²) in [5, 5.41) is 1.30. The summed E-state index contributed by atoms with van der Waals surface area (Å²) in [6.45, 7) is 2.78. The van der Waals surface area contributed by atoms with Gasteiger partial charge in [-0.25, -0.2) is 4.98 Å². The van der Waals surface area contributed by atoms with E-state index in [0.29, 0.717) is 47.7 Å². The van der Waals surface area contributed by atoms with E-state index in [1.165, 1.54) is 0 Å². The van der Waals surface area contributed by atoms with Crippen molar-refractivity contribution < 1.29 is 9.59 Å². The van der Waals surface area contributed by atoms with Crippen LogP contribution in [0.15, 0.2) is 58.5 Å². The summed E-state index contributed by atoms with van der Waals surface area (Å²) < 4.78 is 1.75. The van der Waals surface area contributed by atoms with Gasteiger partial charge in [-0.15, -0.1) is 0 Å². The van der Waals surface area contributed by atoms with E-state index in [-0.39, 0.29) is 17.4 Å². The van der Waals surface area contributed by atoms with Crippen LogP contribution in [-0.4, -0.2) is 45.9 Å². The van der Waals surface area contributed by atoms with Gasteiger partial charge in [0.05, 0.1) is 10.9 Å². The van der Waals surface area contributed by atoms with Gasteiger partial charge in [-0.3, -0.25) is 19.0 Å². The monoisotopic (exact) mass is 476 g/mol. The fourth-order valence-electron chi connectivity index (χ4n) is 4.66. The molecule has 2 fully saturated rings.